The van der Waals surface area contributed by atoms with Gasteiger partial charge in [-0.1, -0.05) is 20.8 Å². The Balaban J connectivity index is 2.51. The van der Waals surface area contributed by atoms with Gasteiger partial charge in [-0.25, -0.2) is 9.67 Å². The lowest BCUT2D eigenvalue weighted by Crippen LogP contribution is -2.14. The molecule has 1 N–H and O–H groups in total. The van der Waals surface area contributed by atoms with Crippen molar-refractivity contribution in [2.24, 2.45) is 0 Å². The molecule has 0 bridgehead atoms. The lowest BCUT2D eigenvalue weighted by atomic mass is 10.1. The molecule has 4 nitrogen and oxygen atoms in total. The molecule has 0 fully saturated rings. The second-order valence-corrected chi connectivity index (χ2v) is 6.38. The van der Waals surface area contributed by atoms with E-state index in [1.165, 1.54) is 5.56 Å². The van der Waals surface area contributed by atoms with E-state index in [0.717, 1.165) is 40.5 Å². The van der Waals surface area contributed by atoms with Gasteiger partial charge < -0.3 is 5.32 Å². The van der Waals surface area contributed by atoms with Crippen LogP contribution in [0.2, 0.25) is 0 Å². The quantitative estimate of drug-likeness (QED) is 0.889. The molecule has 21 heavy (non-hydrogen) atoms. The van der Waals surface area contributed by atoms with Crippen LogP contribution >= 0.6 is 15.9 Å². The summed E-state index contributed by atoms with van der Waals surface area (Å²) in [5, 5.41) is 7.96. The number of hydrogen-bond donors (Lipinski definition) is 1. The lowest BCUT2D eigenvalue weighted by molar-refractivity contribution is 0.712. The van der Waals surface area contributed by atoms with E-state index in [9.17, 15) is 0 Å². The molecule has 0 aliphatic heterocycles. The molecule has 2 aromatic rings. The van der Waals surface area contributed by atoms with Crippen molar-refractivity contribution in [3.8, 4) is 5.82 Å². The molecular weight excluding hydrogens is 328 g/mol. The first-order valence-electron chi connectivity index (χ1n) is 7.37. The number of hydrogen-bond acceptors (Lipinski definition) is 3. The van der Waals surface area contributed by atoms with Crippen LogP contribution in [0.5, 0.6) is 0 Å². The second-order valence-electron chi connectivity index (χ2n) is 5.59. The van der Waals surface area contributed by atoms with Crippen LogP contribution in [0, 0.1) is 13.8 Å². The number of aromatic nitrogens is 3. The SMILES string of the molecule is CCNCc1cc(C(C)C)nc(-n2nc(C)c(Br)c2C)c1. The van der Waals surface area contributed by atoms with Gasteiger partial charge in [-0.2, -0.15) is 5.10 Å². The standard InChI is InChI=1S/C16H23BrN4/c1-6-18-9-13-7-14(10(2)3)19-15(8-13)21-12(5)16(17)11(4)20-21/h7-8,10,18H,6,9H2,1-5H3. The third kappa shape index (κ3) is 3.52. The summed E-state index contributed by atoms with van der Waals surface area (Å²) in [6.07, 6.45) is 0. The molecule has 0 aliphatic rings. The zero-order valence-electron chi connectivity index (χ0n) is 13.4. The first-order chi connectivity index (χ1) is 9.93. The van der Waals surface area contributed by atoms with Crippen molar-refractivity contribution >= 4 is 15.9 Å². The van der Waals surface area contributed by atoms with Crippen molar-refractivity contribution < 1.29 is 0 Å². The Bertz CT molecular complexity index is 631. The number of nitrogens with one attached hydrogen (secondary N) is 1. The van der Waals surface area contributed by atoms with E-state index in [0.29, 0.717) is 5.92 Å². The number of rotatable bonds is 5. The number of aryl methyl sites for hydroxylation is 1. The lowest BCUT2D eigenvalue weighted by Gasteiger charge is -2.12. The highest BCUT2D eigenvalue weighted by Crippen LogP contribution is 2.24. The van der Waals surface area contributed by atoms with E-state index >= 15 is 0 Å². The normalized spacial score (nSPS) is 11.4. The Kier molecular flexibility index (Phi) is 5.17. The van der Waals surface area contributed by atoms with Gasteiger partial charge in [0.2, 0.25) is 0 Å². The number of pyridine rings is 1. The highest BCUT2D eigenvalue weighted by Gasteiger charge is 2.13. The smallest absolute Gasteiger partial charge is 0.154 e. The summed E-state index contributed by atoms with van der Waals surface area (Å²) in [5.41, 5.74) is 4.41. The van der Waals surface area contributed by atoms with Gasteiger partial charge in [-0.05, 0) is 59.9 Å². The molecule has 0 aromatic carbocycles. The van der Waals surface area contributed by atoms with E-state index in [1.807, 2.05) is 11.6 Å². The van der Waals surface area contributed by atoms with Crippen LogP contribution in [0.4, 0.5) is 0 Å². The molecule has 0 saturated heterocycles. The van der Waals surface area contributed by atoms with Crippen LogP contribution in [-0.4, -0.2) is 21.3 Å². The Labute approximate surface area is 135 Å². The number of nitrogens with zero attached hydrogens (tertiary/aromatic N) is 3. The fraction of sp³-hybridized carbons (Fsp3) is 0.500. The molecule has 0 radical (unpaired) electrons. The second kappa shape index (κ2) is 6.71. The van der Waals surface area contributed by atoms with Crippen molar-refractivity contribution in [1.82, 2.24) is 20.1 Å². The van der Waals surface area contributed by atoms with Crippen LogP contribution in [0.25, 0.3) is 5.82 Å². The Morgan fingerprint density at radius 1 is 1.29 bits per heavy atom. The highest BCUT2D eigenvalue weighted by molar-refractivity contribution is 9.10. The summed E-state index contributed by atoms with van der Waals surface area (Å²) in [7, 11) is 0. The Morgan fingerprint density at radius 2 is 2.00 bits per heavy atom. The zero-order valence-corrected chi connectivity index (χ0v) is 15.0. The first kappa shape index (κ1) is 16.2. The molecule has 0 atom stereocenters. The van der Waals surface area contributed by atoms with Crippen LogP contribution in [0.3, 0.4) is 0 Å². The molecule has 0 spiro atoms. The van der Waals surface area contributed by atoms with Gasteiger partial charge in [-0.15, -0.1) is 0 Å². The number of halogens is 1. The molecule has 0 amide bonds. The summed E-state index contributed by atoms with van der Waals surface area (Å²) in [5.74, 6) is 1.28. The maximum absolute atomic E-state index is 4.78. The minimum Gasteiger partial charge on any atom is -0.313 e. The average molecular weight is 351 g/mol. The maximum Gasteiger partial charge on any atom is 0.154 e. The Morgan fingerprint density at radius 3 is 2.52 bits per heavy atom. The van der Waals surface area contributed by atoms with E-state index in [4.69, 9.17) is 4.98 Å². The third-order valence-corrected chi connectivity index (χ3v) is 4.63. The van der Waals surface area contributed by atoms with Crippen LogP contribution in [-0.2, 0) is 6.54 Å². The van der Waals surface area contributed by atoms with Crippen LogP contribution in [0.1, 0.15) is 49.3 Å². The first-order valence-corrected chi connectivity index (χ1v) is 8.17. The van der Waals surface area contributed by atoms with Gasteiger partial charge in [0.15, 0.2) is 5.82 Å². The van der Waals surface area contributed by atoms with Crippen molar-refractivity contribution in [3.05, 3.63) is 39.3 Å². The zero-order chi connectivity index (χ0) is 15.6. The van der Waals surface area contributed by atoms with Crippen molar-refractivity contribution in [3.63, 3.8) is 0 Å². The average Bonchev–Trinajstić information content (AvgIpc) is 2.72. The van der Waals surface area contributed by atoms with Gasteiger partial charge in [-0.3, -0.25) is 0 Å². The molecule has 2 aromatic heterocycles. The Hall–Kier alpha value is -1.20. The summed E-state index contributed by atoms with van der Waals surface area (Å²) in [6.45, 7) is 12.3. The highest BCUT2D eigenvalue weighted by atomic mass is 79.9. The van der Waals surface area contributed by atoms with Gasteiger partial charge in [0, 0.05) is 12.2 Å². The van der Waals surface area contributed by atoms with Gasteiger partial charge in [0.25, 0.3) is 0 Å². The molecule has 114 valence electrons. The summed E-state index contributed by atoms with van der Waals surface area (Å²) in [4.78, 5) is 4.78. The maximum atomic E-state index is 4.78. The minimum absolute atomic E-state index is 0.394. The fourth-order valence-corrected chi connectivity index (χ4v) is 2.46. The van der Waals surface area contributed by atoms with Gasteiger partial charge >= 0.3 is 0 Å². The molecule has 2 heterocycles. The van der Waals surface area contributed by atoms with Crippen LogP contribution < -0.4 is 5.32 Å². The fourth-order valence-electron chi connectivity index (χ4n) is 2.22. The summed E-state index contributed by atoms with van der Waals surface area (Å²) >= 11 is 3.58. The molecule has 2 rings (SSSR count). The summed E-state index contributed by atoms with van der Waals surface area (Å²) < 4.78 is 2.97. The summed E-state index contributed by atoms with van der Waals surface area (Å²) in [6, 6.07) is 4.29. The monoisotopic (exact) mass is 350 g/mol. The van der Waals surface area contributed by atoms with E-state index in [1.54, 1.807) is 0 Å². The van der Waals surface area contributed by atoms with Crippen molar-refractivity contribution in [2.75, 3.05) is 6.54 Å². The topological polar surface area (TPSA) is 42.7 Å². The van der Waals surface area contributed by atoms with E-state index < -0.39 is 0 Å². The molecular formula is C16H23BrN4. The molecule has 0 aliphatic carbocycles. The molecule has 0 saturated carbocycles. The third-order valence-electron chi connectivity index (χ3n) is 3.48. The van der Waals surface area contributed by atoms with E-state index in [2.05, 4.69) is 66.2 Å². The molecule has 5 heteroatoms. The van der Waals surface area contributed by atoms with Crippen molar-refractivity contribution in [2.45, 2.75) is 47.1 Å². The van der Waals surface area contributed by atoms with E-state index in [-0.39, 0.29) is 0 Å². The van der Waals surface area contributed by atoms with Gasteiger partial charge in [0.05, 0.1) is 15.9 Å². The molecule has 0 unspecified atom stereocenters. The minimum atomic E-state index is 0.394. The predicted octanol–water partition coefficient (Wildman–Crippen LogP) is 3.88. The largest absolute Gasteiger partial charge is 0.313 e. The van der Waals surface area contributed by atoms with Crippen molar-refractivity contribution in [1.29, 1.82) is 0 Å². The van der Waals surface area contributed by atoms with Crippen LogP contribution in [0.15, 0.2) is 16.6 Å². The van der Waals surface area contributed by atoms with Gasteiger partial charge in [0.1, 0.15) is 0 Å². The predicted molar refractivity (Wildman–Crippen MR) is 90.0 cm³/mol.